The molecule has 0 aromatic heterocycles. The van der Waals surface area contributed by atoms with Crippen LogP contribution in [-0.2, 0) is 0 Å². The summed E-state index contributed by atoms with van der Waals surface area (Å²) in [6, 6.07) is 15.2. The van der Waals surface area contributed by atoms with Gasteiger partial charge in [0.2, 0.25) is 0 Å². The van der Waals surface area contributed by atoms with Gasteiger partial charge in [-0.1, -0.05) is 37.1 Å². The molecule has 152 valence electrons. The van der Waals surface area contributed by atoms with Gasteiger partial charge in [0.1, 0.15) is 0 Å². The minimum Gasteiger partial charge on any atom is -0.336 e. The van der Waals surface area contributed by atoms with E-state index in [4.69, 9.17) is 0 Å². The maximum atomic E-state index is 13.2. The van der Waals surface area contributed by atoms with E-state index >= 15 is 0 Å². The Bertz CT molecular complexity index is 887. The molecule has 1 saturated carbocycles. The molecule has 1 aliphatic heterocycles. The minimum atomic E-state index is -0.233. The summed E-state index contributed by atoms with van der Waals surface area (Å²) in [5, 5.41) is 2.91. The lowest BCUT2D eigenvalue weighted by Gasteiger charge is -2.38. The van der Waals surface area contributed by atoms with Crippen molar-refractivity contribution in [3.63, 3.8) is 0 Å². The molecule has 2 aromatic rings. The van der Waals surface area contributed by atoms with E-state index in [1.54, 1.807) is 18.2 Å². The lowest BCUT2D eigenvalue weighted by atomic mass is 10.1. The van der Waals surface area contributed by atoms with Crippen molar-refractivity contribution in [2.75, 3.05) is 31.5 Å². The average molecular weight is 456 g/mol. The van der Waals surface area contributed by atoms with Crippen LogP contribution in [0, 0.1) is 0 Å². The third kappa shape index (κ3) is 4.54. The third-order valence-corrected chi connectivity index (χ3v) is 6.66. The zero-order chi connectivity index (χ0) is 20.2. The molecule has 4 rings (SSSR count). The van der Waals surface area contributed by atoms with Crippen LogP contribution < -0.4 is 5.32 Å². The maximum absolute atomic E-state index is 13.2. The first kappa shape index (κ1) is 20.1. The van der Waals surface area contributed by atoms with Crippen LogP contribution in [0.15, 0.2) is 53.0 Å². The van der Waals surface area contributed by atoms with Crippen LogP contribution in [0.4, 0.5) is 5.69 Å². The highest BCUT2D eigenvalue weighted by Crippen LogP contribution is 2.26. The van der Waals surface area contributed by atoms with Crippen LogP contribution in [0.1, 0.15) is 46.4 Å². The molecule has 2 fully saturated rings. The van der Waals surface area contributed by atoms with Gasteiger partial charge < -0.3 is 10.2 Å². The molecular formula is C23H26BrN3O2. The van der Waals surface area contributed by atoms with E-state index in [2.05, 4.69) is 26.1 Å². The molecule has 5 nitrogen and oxygen atoms in total. The first-order valence-corrected chi connectivity index (χ1v) is 11.1. The van der Waals surface area contributed by atoms with Crippen molar-refractivity contribution in [1.82, 2.24) is 9.80 Å². The zero-order valence-corrected chi connectivity index (χ0v) is 18.0. The molecule has 29 heavy (non-hydrogen) atoms. The summed E-state index contributed by atoms with van der Waals surface area (Å²) in [7, 11) is 0. The molecule has 2 aromatic carbocycles. The van der Waals surface area contributed by atoms with Crippen molar-refractivity contribution in [2.24, 2.45) is 0 Å². The summed E-state index contributed by atoms with van der Waals surface area (Å²) >= 11 is 3.41. The van der Waals surface area contributed by atoms with E-state index in [1.807, 2.05) is 35.2 Å². The van der Waals surface area contributed by atoms with Gasteiger partial charge in [0.05, 0.1) is 16.8 Å². The van der Waals surface area contributed by atoms with Crippen molar-refractivity contribution in [3.8, 4) is 0 Å². The molecule has 2 amide bonds. The Balaban J connectivity index is 1.44. The molecule has 6 heteroatoms. The van der Waals surface area contributed by atoms with E-state index in [-0.39, 0.29) is 11.8 Å². The fourth-order valence-electron chi connectivity index (χ4n) is 4.34. The number of rotatable bonds is 4. The molecule has 0 spiro atoms. The molecule has 1 saturated heterocycles. The Labute approximate surface area is 180 Å². The summed E-state index contributed by atoms with van der Waals surface area (Å²) in [6.07, 6.45) is 5.23. The maximum Gasteiger partial charge on any atom is 0.256 e. The van der Waals surface area contributed by atoms with E-state index in [1.165, 1.54) is 25.7 Å². The number of amides is 2. The Kier molecular flexibility index (Phi) is 6.31. The summed E-state index contributed by atoms with van der Waals surface area (Å²) in [6.45, 7) is 3.34. The number of benzene rings is 2. The zero-order valence-electron chi connectivity index (χ0n) is 16.4. The topological polar surface area (TPSA) is 52.7 Å². The van der Waals surface area contributed by atoms with Crippen LogP contribution in [0.3, 0.4) is 0 Å². The Morgan fingerprint density at radius 1 is 0.862 bits per heavy atom. The van der Waals surface area contributed by atoms with Gasteiger partial charge in [-0.3, -0.25) is 14.5 Å². The van der Waals surface area contributed by atoms with Gasteiger partial charge in [0.25, 0.3) is 11.8 Å². The number of carbonyl (C=O) groups excluding carboxylic acids is 2. The molecule has 0 bridgehead atoms. The summed E-state index contributed by atoms with van der Waals surface area (Å²) in [4.78, 5) is 30.3. The molecule has 1 N–H and O–H groups in total. The fraction of sp³-hybridized carbons (Fsp3) is 0.391. The first-order valence-electron chi connectivity index (χ1n) is 10.3. The van der Waals surface area contributed by atoms with Gasteiger partial charge in [-0.25, -0.2) is 0 Å². The number of anilines is 1. The van der Waals surface area contributed by atoms with Crippen molar-refractivity contribution < 1.29 is 9.59 Å². The number of hydrogen-bond donors (Lipinski definition) is 1. The summed E-state index contributed by atoms with van der Waals surface area (Å²) in [5.74, 6) is -0.247. The molecule has 0 unspecified atom stereocenters. The first-order chi connectivity index (χ1) is 14.1. The molecule has 1 heterocycles. The largest absolute Gasteiger partial charge is 0.336 e. The molecule has 2 aliphatic rings. The number of nitrogens with zero attached hydrogens (tertiary/aromatic N) is 2. The van der Waals surface area contributed by atoms with E-state index < -0.39 is 0 Å². The van der Waals surface area contributed by atoms with Gasteiger partial charge in [-0.2, -0.15) is 0 Å². The van der Waals surface area contributed by atoms with Crippen LogP contribution in [0.25, 0.3) is 0 Å². The Morgan fingerprint density at radius 3 is 2.17 bits per heavy atom. The van der Waals surface area contributed by atoms with Crippen LogP contribution in [-0.4, -0.2) is 53.8 Å². The lowest BCUT2D eigenvalue weighted by Crippen LogP contribution is -2.51. The van der Waals surface area contributed by atoms with Gasteiger partial charge in [-0.15, -0.1) is 0 Å². The fourth-order valence-corrected chi connectivity index (χ4v) is 4.81. The Hall–Kier alpha value is -2.18. The Morgan fingerprint density at radius 2 is 1.48 bits per heavy atom. The van der Waals surface area contributed by atoms with E-state index in [0.29, 0.717) is 22.9 Å². The van der Waals surface area contributed by atoms with Crippen LogP contribution in [0.2, 0.25) is 0 Å². The van der Waals surface area contributed by atoms with Crippen LogP contribution >= 0.6 is 15.9 Å². The smallest absolute Gasteiger partial charge is 0.256 e. The second-order valence-corrected chi connectivity index (χ2v) is 8.60. The van der Waals surface area contributed by atoms with E-state index in [0.717, 1.165) is 30.7 Å². The predicted octanol–water partition coefficient (Wildman–Crippen LogP) is 4.40. The number of halogens is 1. The van der Waals surface area contributed by atoms with Crippen molar-refractivity contribution in [3.05, 3.63) is 64.1 Å². The third-order valence-electron chi connectivity index (χ3n) is 5.97. The second-order valence-electron chi connectivity index (χ2n) is 7.75. The number of carbonyl (C=O) groups is 2. The van der Waals surface area contributed by atoms with Crippen LogP contribution in [0.5, 0.6) is 0 Å². The second kappa shape index (κ2) is 9.09. The van der Waals surface area contributed by atoms with Crippen molar-refractivity contribution >= 4 is 33.4 Å². The number of para-hydroxylation sites is 1. The number of piperazine rings is 1. The standard InChI is InChI=1S/C23H26BrN3O2/c24-20-11-5-3-9-18(20)22(28)25-21-12-6-4-10-19(21)23(29)27-15-13-26(14-16-27)17-7-1-2-8-17/h3-6,9-12,17H,1-2,7-8,13-16H2,(H,25,28). The molecular weight excluding hydrogens is 430 g/mol. The SMILES string of the molecule is O=C(Nc1ccccc1C(=O)N1CCN(C2CCCC2)CC1)c1ccccc1Br. The molecule has 0 radical (unpaired) electrons. The molecule has 1 aliphatic carbocycles. The number of hydrogen-bond acceptors (Lipinski definition) is 3. The van der Waals surface area contributed by atoms with Gasteiger partial charge in [-0.05, 0) is 53.0 Å². The highest BCUT2D eigenvalue weighted by atomic mass is 79.9. The quantitative estimate of drug-likeness (QED) is 0.742. The minimum absolute atomic E-state index is 0.0147. The average Bonchev–Trinajstić information content (AvgIpc) is 3.29. The monoisotopic (exact) mass is 455 g/mol. The van der Waals surface area contributed by atoms with E-state index in [9.17, 15) is 9.59 Å². The van der Waals surface area contributed by atoms with Gasteiger partial charge in [0, 0.05) is 36.7 Å². The summed E-state index contributed by atoms with van der Waals surface area (Å²) in [5.41, 5.74) is 1.64. The highest BCUT2D eigenvalue weighted by molar-refractivity contribution is 9.10. The van der Waals surface area contributed by atoms with Gasteiger partial charge >= 0.3 is 0 Å². The predicted molar refractivity (Wildman–Crippen MR) is 118 cm³/mol. The lowest BCUT2D eigenvalue weighted by molar-refractivity contribution is 0.0574. The van der Waals surface area contributed by atoms with Crippen molar-refractivity contribution in [1.29, 1.82) is 0 Å². The van der Waals surface area contributed by atoms with Crippen molar-refractivity contribution in [2.45, 2.75) is 31.7 Å². The summed E-state index contributed by atoms with van der Waals surface area (Å²) < 4.78 is 0.726. The highest BCUT2D eigenvalue weighted by Gasteiger charge is 2.29. The normalized spacial score (nSPS) is 18.0. The number of nitrogens with one attached hydrogen (secondary N) is 1. The van der Waals surface area contributed by atoms with Gasteiger partial charge in [0.15, 0.2) is 0 Å². The molecule has 0 atom stereocenters.